The van der Waals surface area contributed by atoms with Crippen LogP contribution in [-0.4, -0.2) is 15.0 Å². The van der Waals surface area contributed by atoms with Gasteiger partial charge in [-0.3, -0.25) is 0 Å². The molecule has 0 saturated carbocycles. The molecule has 0 atom stereocenters. The third-order valence-corrected chi connectivity index (χ3v) is 4.00. The Morgan fingerprint density at radius 2 is 2.42 bits per heavy atom. The maximum atomic E-state index is 11.3. The van der Waals surface area contributed by atoms with Gasteiger partial charge in [0.1, 0.15) is 4.21 Å². The summed E-state index contributed by atoms with van der Waals surface area (Å²) in [6.07, 6.45) is 1.51. The van der Waals surface area contributed by atoms with Crippen molar-refractivity contribution in [2.45, 2.75) is 4.21 Å². The predicted octanol–water partition coefficient (Wildman–Crippen LogP) is 1.21. The van der Waals surface area contributed by atoms with Crippen LogP contribution in [0.3, 0.4) is 0 Å². The van der Waals surface area contributed by atoms with Gasteiger partial charge in [-0.05, 0) is 11.4 Å². The minimum Gasteiger partial charge on any atom is -0.207 e. The maximum Gasteiger partial charge on any atom is 0.250 e. The normalized spacial score (nSPS) is 11.3. The van der Waals surface area contributed by atoms with Gasteiger partial charge in [-0.2, -0.15) is 0 Å². The van der Waals surface area contributed by atoms with Crippen molar-refractivity contribution in [3.63, 3.8) is 0 Å². The lowest BCUT2D eigenvalue weighted by Crippen LogP contribution is -2.22. The lowest BCUT2D eigenvalue weighted by molar-refractivity contribution is 0.588. The summed E-state index contributed by atoms with van der Waals surface area (Å²) in [7, 11) is -3.28. The van der Waals surface area contributed by atoms with E-state index in [1.807, 2.05) is 0 Å². The molecule has 0 saturated heterocycles. The van der Waals surface area contributed by atoms with Gasteiger partial charge in [0.05, 0.1) is 0 Å². The minimum atomic E-state index is -3.28. The molecule has 0 radical (unpaired) electrons. The summed E-state index contributed by atoms with van der Waals surface area (Å²) < 4.78 is 25.3. The van der Waals surface area contributed by atoms with Crippen molar-refractivity contribution in [3.8, 4) is 0 Å². The molecule has 12 heavy (non-hydrogen) atoms. The fourth-order valence-corrected chi connectivity index (χ4v) is 2.69. The molecule has 5 heteroatoms. The average Bonchev–Trinajstić information content (AvgIpc) is 2.53. The van der Waals surface area contributed by atoms with Crippen molar-refractivity contribution < 1.29 is 8.42 Å². The van der Waals surface area contributed by atoms with E-state index in [2.05, 4.69) is 11.3 Å². The second-order valence-corrected chi connectivity index (χ2v) is 5.01. The van der Waals surface area contributed by atoms with Gasteiger partial charge in [0, 0.05) is 6.54 Å². The lowest BCUT2D eigenvalue weighted by Gasteiger charge is -1.99. The van der Waals surface area contributed by atoms with E-state index in [9.17, 15) is 8.42 Å². The van der Waals surface area contributed by atoms with Crippen molar-refractivity contribution in [2.75, 3.05) is 6.54 Å². The molecule has 66 valence electrons. The summed E-state index contributed by atoms with van der Waals surface area (Å²) in [6, 6.07) is 3.27. The van der Waals surface area contributed by atoms with Crippen LogP contribution in [0.2, 0.25) is 0 Å². The summed E-state index contributed by atoms with van der Waals surface area (Å²) in [5.41, 5.74) is 0. The second-order valence-electron chi connectivity index (χ2n) is 2.07. The number of rotatable bonds is 4. The number of hydrogen-bond donors (Lipinski definition) is 1. The average molecular weight is 203 g/mol. The molecule has 1 heterocycles. The van der Waals surface area contributed by atoms with Gasteiger partial charge in [0.15, 0.2) is 0 Å². The van der Waals surface area contributed by atoms with Crippen LogP contribution >= 0.6 is 11.3 Å². The molecule has 0 aliphatic heterocycles. The summed E-state index contributed by atoms with van der Waals surface area (Å²) in [5, 5.41) is 1.72. The molecule has 0 amide bonds. The van der Waals surface area contributed by atoms with Crippen molar-refractivity contribution >= 4 is 21.4 Å². The van der Waals surface area contributed by atoms with Crippen molar-refractivity contribution in [3.05, 3.63) is 30.2 Å². The Labute approximate surface area is 75.8 Å². The van der Waals surface area contributed by atoms with E-state index < -0.39 is 10.0 Å². The van der Waals surface area contributed by atoms with Crippen LogP contribution in [0.4, 0.5) is 0 Å². The first kappa shape index (κ1) is 9.44. The standard InChI is InChI=1S/C7H9NO2S2/c1-2-5-8-12(9,10)7-4-3-6-11-7/h2-4,6,8H,1,5H2. The smallest absolute Gasteiger partial charge is 0.207 e. The van der Waals surface area contributed by atoms with Gasteiger partial charge in [-0.25, -0.2) is 13.1 Å². The number of sulfonamides is 1. The fourth-order valence-electron chi connectivity index (χ4n) is 0.656. The zero-order valence-corrected chi connectivity index (χ0v) is 7.99. The number of thiophene rings is 1. The molecule has 3 nitrogen and oxygen atoms in total. The quantitative estimate of drug-likeness (QED) is 0.748. The fraction of sp³-hybridized carbons (Fsp3) is 0.143. The largest absolute Gasteiger partial charge is 0.250 e. The van der Waals surface area contributed by atoms with Crippen LogP contribution < -0.4 is 4.72 Å². The van der Waals surface area contributed by atoms with Crippen LogP contribution in [0.1, 0.15) is 0 Å². The van der Waals surface area contributed by atoms with Gasteiger partial charge in [0.25, 0.3) is 0 Å². The van der Waals surface area contributed by atoms with Crippen molar-refractivity contribution in [2.24, 2.45) is 0 Å². The number of nitrogens with one attached hydrogen (secondary N) is 1. The predicted molar refractivity (Wildman–Crippen MR) is 49.7 cm³/mol. The first-order valence-corrected chi connectivity index (χ1v) is 5.67. The molecule has 0 aromatic carbocycles. The molecular weight excluding hydrogens is 194 g/mol. The van der Waals surface area contributed by atoms with Gasteiger partial charge < -0.3 is 0 Å². The summed E-state index contributed by atoms with van der Waals surface area (Å²) in [4.78, 5) is 0. The van der Waals surface area contributed by atoms with Crippen LogP contribution in [0.5, 0.6) is 0 Å². The molecule has 1 N–H and O–H groups in total. The van der Waals surface area contributed by atoms with Crippen LogP contribution in [0.25, 0.3) is 0 Å². The van der Waals surface area contributed by atoms with Gasteiger partial charge in [-0.15, -0.1) is 17.9 Å². The van der Waals surface area contributed by atoms with Crippen molar-refractivity contribution in [1.82, 2.24) is 4.72 Å². The van der Waals surface area contributed by atoms with E-state index in [0.717, 1.165) is 0 Å². The Kier molecular flexibility index (Phi) is 3.02. The lowest BCUT2D eigenvalue weighted by atomic mass is 10.7. The molecule has 0 fully saturated rings. The summed E-state index contributed by atoms with van der Waals surface area (Å²) in [5.74, 6) is 0. The highest BCUT2D eigenvalue weighted by molar-refractivity contribution is 7.91. The highest BCUT2D eigenvalue weighted by Crippen LogP contribution is 2.14. The first-order valence-electron chi connectivity index (χ1n) is 3.31. The van der Waals surface area contributed by atoms with Crippen LogP contribution in [-0.2, 0) is 10.0 Å². The molecule has 0 bridgehead atoms. The van der Waals surface area contributed by atoms with Gasteiger partial charge in [-0.1, -0.05) is 12.1 Å². The Balaban J connectivity index is 2.80. The maximum absolute atomic E-state index is 11.3. The second kappa shape index (κ2) is 3.84. The van der Waals surface area contributed by atoms with Crippen LogP contribution in [0.15, 0.2) is 34.4 Å². The Bertz CT molecular complexity index is 339. The molecule has 1 rings (SSSR count). The minimum absolute atomic E-state index is 0.264. The van der Waals surface area contributed by atoms with E-state index in [-0.39, 0.29) is 6.54 Å². The summed E-state index contributed by atoms with van der Waals surface area (Å²) in [6.45, 7) is 3.69. The van der Waals surface area contributed by atoms with E-state index in [4.69, 9.17) is 0 Å². The van der Waals surface area contributed by atoms with Crippen LogP contribution in [0, 0.1) is 0 Å². The molecule has 1 aromatic rings. The molecule has 0 spiro atoms. The number of hydrogen-bond acceptors (Lipinski definition) is 3. The third kappa shape index (κ3) is 2.17. The Hall–Kier alpha value is -0.650. The monoisotopic (exact) mass is 203 g/mol. The highest BCUT2D eigenvalue weighted by atomic mass is 32.2. The zero-order valence-electron chi connectivity index (χ0n) is 6.36. The Morgan fingerprint density at radius 3 is 2.92 bits per heavy atom. The zero-order chi connectivity index (χ0) is 9.03. The first-order chi connectivity index (χ1) is 5.67. The van der Waals surface area contributed by atoms with Gasteiger partial charge >= 0.3 is 0 Å². The van der Waals surface area contributed by atoms with Crippen molar-refractivity contribution in [1.29, 1.82) is 0 Å². The molecule has 0 aliphatic rings. The van der Waals surface area contributed by atoms with E-state index in [1.165, 1.54) is 17.4 Å². The van der Waals surface area contributed by atoms with E-state index >= 15 is 0 Å². The third-order valence-electron chi connectivity index (χ3n) is 1.18. The molecule has 0 unspecified atom stereocenters. The van der Waals surface area contributed by atoms with E-state index in [0.29, 0.717) is 4.21 Å². The van der Waals surface area contributed by atoms with Gasteiger partial charge in [0.2, 0.25) is 10.0 Å². The Morgan fingerprint density at radius 1 is 1.67 bits per heavy atom. The highest BCUT2D eigenvalue weighted by Gasteiger charge is 2.12. The molecule has 0 aliphatic carbocycles. The van der Waals surface area contributed by atoms with E-state index in [1.54, 1.807) is 17.5 Å². The SMILES string of the molecule is C=CCNS(=O)(=O)c1cccs1. The summed E-state index contributed by atoms with van der Waals surface area (Å²) >= 11 is 1.20. The molecular formula is C7H9NO2S2. The molecule has 1 aromatic heterocycles. The topological polar surface area (TPSA) is 46.2 Å².